The Bertz CT molecular complexity index is 453. The largest absolute Gasteiger partial charge is 0.339 e. The second-order valence-corrected chi connectivity index (χ2v) is 7.17. The van der Waals surface area contributed by atoms with E-state index in [1.54, 1.807) is 11.8 Å². The minimum absolute atomic E-state index is 0.237. The van der Waals surface area contributed by atoms with Crippen molar-refractivity contribution in [1.82, 2.24) is 10.2 Å². The number of nitrogens with one attached hydrogen (secondary N) is 1. The zero-order valence-electron chi connectivity index (χ0n) is 11.9. The summed E-state index contributed by atoms with van der Waals surface area (Å²) < 4.78 is -0.412. The number of carbonyl (C=O) groups is 1. The Balaban J connectivity index is 2.06. The predicted octanol–water partition coefficient (Wildman–Crippen LogP) is 2.30. The smallest absolute Gasteiger partial charge is 0.238 e. The molecule has 1 aliphatic rings. The Hall–Kier alpha value is -1.00. The first-order valence-corrected chi connectivity index (χ1v) is 7.56. The molecule has 0 aliphatic carbocycles. The number of amides is 1. The highest BCUT2D eigenvalue weighted by Gasteiger charge is 2.33. The number of carbonyl (C=O) groups excluding carboxylic acids is 1. The first-order valence-electron chi connectivity index (χ1n) is 6.75. The van der Waals surface area contributed by atoms with Crippen LogP contribution in [0.1, 0.15) is 19.4 Å². The van der Waals surface area contributed by atoms with E-state index in [1.165, 1.54) is 5.56 Å². The normalized spacial score (nSPS) is 16.5. The fraction of sp³-hybridized carbons (Fsp3) is 0.533. The van der Waals surface area contributed by atoms with Gasteiger partial charge in [0.05, 0.1) is 4.75 Å². The van der Waals surface area contributed by atoms with Crippen LogP contribution in [0.4, 0.5) is 0 Å². The van der Waals surface area contributed by atoms with E-state index in [0.717, 1.165) is 31.1 Å². The van der Waals surface area contributed by atoms with Crippen LogP contribution in [0, 0.1) is 6.92 Å². The lowest BCUT2D eigenvalue weighted by molar-refractivity contribution is -0.133. The Labute approximate surface area is 119 Å². The summed E-state index contributed by atoms with van der Waals surface area (Å²) in [5.74, 6) is 0.237. The van der Waals surface area contributed by atoms with E-state index in [4.69, 9.17) is 0 Å². The monoisotopic (exact) mass is 278 g/mol. The molecule has 0 unspecified atom stereocenters. The van der Waals surface area contributed by atoms with Crippen LogP contribution in [0.2, 0.25) is 0 Å². The molecular weight excluding hydrogens is 256 g/mol. The van der Waals surface area contributed by atoms with Gasteiger partial charge in [-0.1, -0.05) is 17.7 Å². The topological polar surface area (TPSA) is 32.3 Å². The molecule has 0 saturated carbocycles. The lowest BCUT2D eigenvalue weighted by Gasteiger charge is -2.34. The summed E-state index contributed by atoms with van der Waals surface area (Å²) in [7, 11) is 0. The zero-order chi connectivity index (χ0) is 13.9. The van der Waals surface area contributed by atoms with Gasteiger partial charge in [-0.2, -0.15) is 0 Å². The van der Waals surface area contributed by atoms with Crippen molar-refractivity contribution in [2.75, 3.05) is 26.2 Å². The lowest BCUT2D eigenvalue weighted by Crippen LogP contribution is -2.51. The highest BCUT2D eigenvalue weighted by atomic mass is 32.2. The molecule has 1 saturated heterocycles. The number of rotatable bonds is 3. The number of hydrogen-bond donors (Lipinski definition) is 1. The van der Waals surface area contributed by atoms with Gasteiger partial charge in [-0.15, -0.1) is 11.8 Å². The van der Waals surface area contributed by atoms with E-state index < -0.39 is 4.75 Å². The van der Waals surface area contributed by atoms with Gasteiger partial charge in [0.15, 0.2) is 0 Å². The summed E-state index contributed by atoms with van der Waals surface area (Å²) in [6, 6.07) is 8.33. The minimum Gasteiger partial charge on any atom is -0.339 e. The van der Waals surface area contributed by atoms with Crippen molar-refractivity contribution in [1.29, 1.82) is 0 Å². The highest BCUT2D eigenvalue weighted by Crippen LogP contribution is 2.34. The number of nitrogens with zero attached hydrogens (tertiary/aromatic N) is 1. The molecule has 1 fully saturated rings. The lowest BCUT2D eigenvalue weighted by atomic mass is 10.1. The maximum Gasteiger partial charge on any atom is 0.238 e. The van der Waals surface area contributed by atoms with Crippen LogP contribution < -0.4 is 5.32 Å². The molecule has 19 heavy (non-hydrogen) atoms. The molecule has 1 N–H and O–H groups in total. The quantitative estimate of drug-likeness (QED) is 0.861. The molecule has 1 amide bonds. The third kappa shape index (κ3) is 3.74. The van der Waals surface area contributed by atoms with E-state index in [1.807, 2.05) is 24.8 Å². The summed E-state index contributed by atoms with van der Waals surface area (Å²) in [6.45, 7) is 9.55. The number of thioether (sulfide) groups is 1. The van der Waals surface area contributed by atoms with Crippen LogP contribution >= 0.6 is 11.8 Å². The Morgan fingerprint density at radius 1 is 1.32 bits per heavy atom. The van der Waals surface area contributed by atoms with Gasteiger partial charge in [0.25, 0.3) is 0 Å². The van der Waals surface area contributed by atoms with E-state index in [0.29, 0.717) is 0 Å². The summed E-state index contributed by atoms with van der Waals surface area (Å²) in [5.41, 5.74) is 1.23. The average Bonchev–Trinajstić information content (AvgIpc) is 2.38. The van der Waals surface area contributed by atoms with Crippen molar-refractivity contribution in [3.63, 3.8) is 0 Å². The maximum atomic E-state index is 12.6. The molecule has 1 aromatic carbocycles. The van der Waals surface area contributed by atoms with E-state index in [2.05, 4.69) is 30.4 Å². The van der Waals surface area contributed by atoms with Crippen molar-refractivity contribution in [2.45, 2.75) is 30.4 Å². The second kappa shape index (κ2) is 5.97. The average molecular weight is 278 g/mol. The van der Waals surface area contributed by atoms with Crippen molar-refractivity contribution in [3.05, 3.63) is 29.8 Å². The number of hydrogen-bond acceptors (Lipinski definition) is 3. The standard InChI is InChI=1S/C15H22N2OS/c1-12-5-4-6-13(11-12)19-15(2,3)14(18)17-9-7-16-8-10-17/h4-6,11,16H,7-10H2,1-3H3. The van der Waals surface area contributed by atoms with E-state index in [-0.39, 0.29) is 5.91 Å². The van der Waals surface area contributed by atoms with Gasteiger partial charge in [-0.05, 0) is 32.9 Å². The maximum absolute atomic E-state index is 12.6. The molecule has 1 aromatic rings. The molecule has 0 aromatic heterocycles. The van der Waals surface area contributed by atoms with Crippen LogP contribution in [-0.4, -0.2) is 41.7 Å². The SMILES string of the molecule is Cc1cccc(SC(C)(C)C(=O)N2CCNCC2)c1. The number of benzene rings is 1. The molecule has 2 rings (SSSR count). The van der Waals surface area contributed by atoms with Gasteiger partial charge in [-0.25, -0.2) is 0 Å². The molecule has 0 bridgehead atoms. The molecule has 104 valence electrons. The number of piperazine rings is 1. The first kappa shape index (κ1) is 14.4. The van der Waals surface area contributed by atoms with Crippen molar-refractivity contribution in [2.24, 2.45) is 0 Å². The molecule has 0 atom stereocenters. The first-order chi connectivity index (χ1) is 8.99. The van der Waals surface area contributed by atoms with Gasteiger partial charge >= 0.3 is 0 Å². The van der Waals surface area contributed by atoms with Gasteiger partial charge in [0.2, 0.25) is 5.91 Å². The van der Waals surface area contributed by atoms with Crippen LogP contribution in [0.3, 0.4) is 0 Å². The molecule has 3 nitrogen and oxygen atoms in total. The third-order valence-corrected chi connectivity index (χ3v) is 4.46. The summed E-state index contributed by atoms with van der Waals surface area (Å²) in [6.07, 6.45) is 0. The van der Waals surface area contributed by atoms with Crippen LogP contribution in [0.25, 0.3) is 0 Å². The summed E-state index contributed by atoms with van der Waals surface area (Å²) >= 11 is 1.65. The van der Waals surface area contributed by atoms with Gasteiger partial charge in [0.1, 0.15) is 0 Å². The van der Waals surface area contributed by atoms with Crippen LogP contribution in [0.15, 0.2) is 29.2 Å². The van der Waals surface area contributed by atoms with Gasteiger partial charge < -0.3 is 10.2 Å². The number of aryl methyl sites for hydroxylation is 1. The fourth-order valence-electron chi connectivity index (χ4n) is 2.27. The van der Waals surface area contributed by atoms with Crippen LogP contribution in [0.5, 0.6) is 0 Å². The second-order valence-electron chi connectivity index (χ2n) is 5.47. The van der Waals surface area contributed by atoms with Crippen molar-refractivity contribution < 1.29 is 4.79 Å². The Kier molecular flexibility index (Phi) is 4.53. The molecular formula is C15H22N2OS. The fourth-order valence-corrected chi connectivity index (χ4v) is 3.46. The molecule has 0 radical (unpaired) electrons. The Morgan fingerprint density at radius 2 is 2.00 bits per heavy atom. The van der Waals surface area contributed by atoms with Gasteiger partial charge in [0, 0.05) is 31.1 Å². The third-order valence-electron chi connectivity index (χ3n) is 3.28. The highest BCUT2D eigenvalue weighted by molar-refractivity contribution is 8.01. The minimum atomic E-state index is -0.412. The predicted molar refractivity (Wildman–Crippen MR) is 80.6 cm³/mol. The Morgan fingerprint density at radius 3 is 2.63 bits per heavy atom. The molecule has 1 aliphatic heterocycles. The van der Waals surface area contributed by atoms with Crippen molar-refractivity contribution >= 4 is 17.7 Å². The molecule has 1 heterocycles. The van der Waals surface area contributed by atoms with Gasteiger partial charge in [-0.3, -0.25) is 4.79 Å². The van der Waals surface area contributed by atoms with Crippen molar-refractivity contribution in [3.8, 4) is 0 Å². The van der Waals surface area contributed by atoms with E-state index in [9.17, 15) is 4.79 Å². The molecule has 0 spiro atoms. The molecule has 4 heteroatoms. The zero-order valence-corrected chi connectivity index (χ0v) is 12.7. The summed E-state index contributed by atoms with van der Waals surface area (Å²) in [5, 5.41) is 3.28. The van der Waals surface area contributed by atoms with E-state index >= 15 is 0 Å². The van der Waals surface area contributed by atoms with Crippen LogP contribution in [-0.2, 0) is 4.79 Å². The summed E-state index contributed by atoms with van der Waals surface area (Å²) in [4.78, 5) is 15.7.